The summed E-state index contributed by atoms with van der Waals surface area (Å²) in [6, 6.07) is 16.3. The topological polar surface area (TPSA) is 26.3 Å². The summed E-state index contributed by atoms with van der Waals surface area (Å²) >= 11 is 0. The Balaban J connectivity index is 1.86. The Kier molecular flexibility index (Phi) is 4.54. The minimum absolute atomic E-state index is 0.0809. The summed E-state index contributed by atoms with van der Waals surface area (Å²) in [6.07, 6.45) is 3.84. The first-order valence-electron chi connectivity index (χ1n) is 7.79. The van der Waals surface area contributed by atoms with Crippen molar-refractivity contribution in [2.24, 2.45) is 0 Å². The Bertz CT molecular complexity index is 697. The third kappa shape index (κ3) is 3.85. The first-order valence-corrected chi connectivity index (χ1v) is 7.79. The molecule has 3 rings (SSSR count). The SMILES string of the molecule is Cc1ccc(/C=C2/COC/C(=C\c3ccc(C)cc3)C2=O)cc1. The van der Waals surface area contributed by atoms with Crippen LogP contribution in [-0.2, 0) is 9.53 Å². The molecule has 0 spiro atoms. The number of ketones is 1. The molecular formula is C21H20O2. The van der Waals surface area contributed by atoms with E-state index in [9.17, 15) is 4.79 Å². The van der Waals surface area contributed by atoms with E-state index in [-0.39, 0.29) is 5.78 Å². The molecule has 1 saturated heterocycles. The highest BCUT2D eigenvalue weighted by Gasteiger charge is 2.21. The molecule has 1 fully saturated rings. The maximum atomic E-state index is 12.7. The summed E-state index contributed by atoms with van der Waals surface area (Å²) in [6.45, 7) is 4.85. The largest absolute Gasteiger partial charge is 0.372 e. The smallest absolute Gasteiger partial charge is 0.189 e. The first kappa shape index (κ1) is 15.4. The number of carbonyl (C=O) groups is 1. The molecule has 0 aliphatic carbocycles. The van der Waals surface area contributed by atoms with Gasteiger partial charge in [0.25, 0.3) is 0 Å². The predicted molar refractivity (Wildman–Crippen MR) is 94.1 cm³/mol. The Labute approximate surface area is 137 Å². The first-order chi connectivity index (χ1) is 11.1. The van der Waals surface area contributed by atoms with E-state index < -0.39 is 0 Å². The van der Waals surface area contributed by atoms with Crippen LogP contribution < -0.4 is 0 Å². The van der Waals surface area contributed by atoms with Gasteiger partial charge < -0.3 is 4.74 Å². The summed E-state index contributed by atoms with van der Waals surface area (Å²) < 4.78 is 5.60. The van der Waals surface area contributed by atoms with Gasteiger partial charge in [-0.05, 0) is 37.1 Å². The number of hydrogen-bond donors (Lipinski definition) is 0. The highest BCUT2D eigenvalue weighted by molar-refractivity contribution is 6.14. The van der Waals surface area contributed by atoms with Crippen molar-refractivity contribution in [3.63, 3.8) is 0 Å². The van der Waals surface area contributed by atoms with Gasteiger partial charge in [-0.25, -0.2) is 0 Å². The van der Waals surface area contributed by atoms with Crippen molar-refractivity contribution in [1.82, 2.24) is 0 Å². The van der Waals surface area contributed by atoms with Crippen molar-refractivity contribution < 1.29 is 9.53 Å². The van der Waals surface area contributed by atoms with E-state index in [2.05, 4.69) is 0 Å². The molecule has 1 aliphatic heterocycles. The fraction of sp³-hybridized carbons (Fsp3) is 0.190. The van der Waals surface area contributed by atoms with E-state index in [1.165, 1.54) is 11.1 Å². The molecule has 2 nitrogen and oxygen atoms in total. The molecule has 1 heterocycles. The quantitative estimate of drug-likeness (QED) is 0.770. The van der Waals surface area contributed by atoms with Crippen LogP contribution in [0.3, 0.4) is 0 Å². The second-order valence-corrected chi connectivity index (χ2v) is 5.98. The number of aryl methyl sites for hydroxylation is 2. The predicted octanol–water partition coefficient (Wildman–Crippen LogP) is 4.37. The molecule has 2 heteroatoms. The van der Waals surface area contributed by atoms with Gasteiger partial charge in [0.05, 0.1) is 13.2 Å². The number of benzene rings is 2. The van der Waals surface area contributed by atoms with E-state index in [1.54, 1.807) is 0 Å². The lowest BCUT2D eigenvalue weighted by Crippen LogP contribution is -2.21. The van der Waals surface area contributed by atoms with Crippen LogP contribution in [0.1, 0.15) is 22.3 Å². The Morgan fingerprint density at radius 3 is 1.52 bits per heavy atom. The van der Waals surface area contributed by atoms with Gasteiger partial charge in [0, 0.05) is 11.1 Å². The van der Waals surface area contributed by atoms with Crippen LogP contribution >= 0.6 is 0 Å². The average Bonchev–Trinajstić information content (AvgIpc) is 2.55. The number of ether oxygens (including phenoxy) is 1. The fourth-order valence-corrected chi connectivity index (χ4v) is 2.55. The minimum atomic E-state index is 0.0809. The summed E-state index contributed by atoms with van der Waals surface area (Å²) in [7, 11) is 0. The van der Waals surface area contributed by atoms with Crippen molar-refractivity contribution in [2.75, 3.05) is 13.2 Å². The highest BCUT2D eigenvalue weighted by Crippen LogP contribution is 2.20. The van der Waals surface area contributed by atoms with Gasteiger partial charge in [-0.2, -0.15) is 0 Å². The van der Waals surface area contributed by atoms with Crippen molar-refractivity contribution in [1.29, 1.82) is 0 Å². The molecule has 116 valence electrons. The minimum Gasteiger partial charge on any atom is -0.372 e. The highest BCUT2D eigenvalue weighted by atomic mass is 16.5. The second kappa shape index (κ2) is 6.76. The van der Waals surface area contributed by atoms with Gasteiger partial charge in [-0.15, -0.1) is 0 Å². The summed E-state index contributed by atoms with van der Waals surface area (Å²) in [5.41, 5.74) is 5.88. The zero-order valence-electron chi connectivity index (χ0n) is 13.5. The van der Waals surface area contributed by atoms with Crippen molar-refractivity contribution in [3.8, 4) is 0 Å². The molecule has 23 heavy (non-hydrogen) atoms. The van der Waals surface area contributed by atoms with Gasteiger partial charge in [-0.1, -0.05) is 59.7 Å². The standard InChI is InChI=1S/C21H20O2/c1-15-3-7-17(8-4-15)11-19-13-23-14-20(21(19)22)12-18-9-5-16(2)6-10-18/h3-12H,13-14H2,1-2H3/b19-11-,20-12+. The van der Waals surface area contributed by atoms with Crippen molar-refractivity contribution in [2.45, 2.75) is 13.8 Å². The van der Waals surface area contributed by atoms with Crippen LogP contribution in [0.5, 0.6) is 0 Å². The molecule has 0 aromatic heterocycles. The van der Waals surface area contributed by atoms with Gasteiger partial charge >= 0.3 is 0 Å². The summed E-state index contributed by atoms with van der Waals surface area (Å²) in [5.74, 6) is 0.0809. The van der Waals surface area contributed by atoms with Crippen LogP contribution in [0.25, 0.3) is 12.2 Å². The zero-order valence-corrected chi connectivity index (χ0v) is 13.5. The van der Waals surface area contributed by atoms with E-state index in [0.717, 1.165) is 11.1 Å². The molecule has 0 radical (unpaired) electrons. The molecule has 0 atom stereocenters. The van der Waals surface area contributed by atoms with Crippen LogP contribution in [0.15, 0.2) is 59.7 Å². The molecule has 0 N–H and O–H groups in total. The number of carbonyl (C=O) groups excluding carboxylic acids is 1. The molecule has 0 bridgehead atoms. The van der Waals surface area contributed by atoms with Gasteiger partial charge in [0.2, 0.25) is 0 Å². The maximum absolute atomic E-state index is 12.7. The summed E-state index contributed by atoms with van der Waals surface area (Å²) in [5, 5.41) is 0. The molecule has 2 aromatic carbocycles. The van der Waals surface area contributed by atoms with E-state index in [1.807, 2.05) is 74.5 Å². The molecule has 2 aromatic rings. The lowest BCUT2D eigenvalue weighted by molar-refractivity contribution is -0.114. The van der Waals surface area contributed by atoms with Crippen LogP contribution in [0.2, 0.25) is 0 Å². The zero-order chi connectivity index (χ0) is 16.2. The van der Waals surface area contributed by atoms with Crippen LogP contribution in [0.4, 0.5) is 0 Å². The third-order valence-corrected chi connectivity index (χ3v) is 3.93. The molecular weight excluding hydrogens is 284 g/mol. The lowest BCUT2D eigenvalue weighted by Gasteiger charge is -2.17. The normalized spacial score (nSPS) is 18.6. The Hall–Kier alpha value is -2.45. The van der Waals surface area contributed by atoms with Crippen molar-refractivity contribution in [3.05, 3.63) is 81.9 Å². The van der Waals surface area contributed by atoms with Crippen molar-refractivity contribution >= 4 is 17.9 Å². The van der Waals surface area contributed by atoms with Crippen LogP contribution in [0, 0.1) is 13.8 Å². The second-order valence-electron chi connectivity index (χ2n) is 5.98. The Morgan fingerprint density at radius 1 is 0.739 bits per heavy atom. The third-order valence-electron chi connectivity index (χ3n) is 3.93. The van der Waals surface area contributed by atoms with Gasteiger partial charge in [-0.3, -0.25) is 4.79 Å². The number of hydrogen-bond acceptors (Lipinski definition) is 2. The Morgan fingerprint density at radius 2 is 1.13 bits per heavy atom. The number of rotatable bonds is 2. The molecule has 0 amide bonds. The molecule has 1 aliphatic rings. The fourth-order valence-electron chi connectivity index (χ4n) is 2.55. The lowest BCUT2D eigenvalue weighted by atomic mass is 9.97. The molecule has 0 unspecified atom stereocenters. The maximum Gasteiger partial charge on any atom is 0.189 e. The van der Waals surface area contributed by atoms with E-state index in [0.29, 0.717) is 24.4 Å². The van der Waals surface area contributed by atoms with E-state index >= 15 is 0 Å². The average molecular weight is 304 g/mol. The monoisotopic (exact) mass is 304 g/mol. The van der Waals surface area contributed by atoms with Crippen LogP contribution in [-0.4, -0.2) is 19.0 Å². The van der Waals surface area contributed by atoms with E-state index in [4.69, 9.17) is 4.74 Å². The van der Waals surface area contributed by atoms with Gasteiger partial charge in [0.15, 0.2) is 5.78 Å². The van der Waals surface area contributed by atoms with Gasteiger partial charge in [0.1, 0.15) is 0 Å². The summed E-state index contributed by atoms with van der Waals surface area (Å²) in [4.78, 5) is 12.7. The number of Topliss-reactive ketones (excluding diaryl/α,β-unsaturated/α-hetero) is 1. The molecule has 0 saturated carbocycles.